The number of halogens is 3. The molecule has 22 heavy (non-hydrogen) atoms. The minimum absolute atomic E-state index is 0.186. The van der Waals surface area contributed by atoms with Gasteiger partial charge in [0.25, 0.3) is 0 Å². The highest BCUT2D eigenvalue weighted by atomic mass is 19.4. The fourth-order valence-electron chi connectivity index (χ4n) is 1.83. The molecule has 0 atom stereocenters. The Balaban J connectivity index is 0.000000847. The van der Waals surface area contributed by atoms with Gasteiger partial charge in [0.2, 0.25) is 0 Å². The molecule has 0 saturated carbocycles. The average molecular weight is 312 g/mol. The number of hydrogen-bond acceptors (Lipinski definition) is 4. The van der Waals surface area contributed by atoms with E-state index in [1.165, 1.54) is 6.07 Å². The van der Waals surface area contributed by atoms with Crippen molar-refractivity contribution in [2.45, 2.75) is 26.6 Å². The maximum atomic E-state index is 12.6. The number of nitrogens with two attached hydrogens (primary N) is 1. The zero-order valence-electron chi connectivity index (χ0n) is 12.0. The molecule has 3 N–H and O–H groups in total. The first-order chi connectivity index (χ1) is 10.5. The summed E-state index contributed by atoms with van der Waals surface area (Å²) >= 11 is 0. The summed E-state index contributed by atoms with van der Waals surface area (Å²) in [5.74, 6) is 0.805. The van der Waals surface area contributed by atoms with Gasteiger partial charge < -0.3 is 15.2 Å². The number of hydrogen-bond donors (Lipinski definition) is 2. The molecule has 8 heteroatoms. The molecule has 5 nitrogen and oxygen atoms in total. The number of fused-ring (bicyclic) bond motifs is 1. The molecule has 0 unspecified atom stereocenters. The molecule has 3 aromatic rings. The molecule has 0 aliphatic rings. The van der Waals surface area contributed by atoms with Crippen molar-refractivity contribution in [2.24, 2.45) is 5.73 Å². The molecule has 2 aromatic heterocycles. The molecule has 0 amide bonds. The lowest BCUT2D eigenvalue weighted by Gasteiger charge is -2.05. The molecular formula is C14H15F3N4O. The van der Waals surface area contributed by atoms with Crippen LogP contribution < -0.4 is 5.73 Å². The van der Waals surface area contributed by atoms with Gasteiger partial charge in [0.1, 0.15) is 5.69 Å². The first-order valence-corrected chi connectivity index (χ1v) is 6.70. The van der Waals surface area contributed by atoms with Crippen LogP contribution in [0.3, 0.4) is 0 Å². The van der Waals surface area contributed by atoms with E-state index in [2.05, 4.69) is 15.1 Å². The quantitative estimate of drug-likeness (QED) is 0.755. The van der Waals surface area contributed by atoms with Crippen molar-refractivity contribution in [3.63, 3.8) is 0 Å². The summed E-state index contributed by atoms with van der Waals surface area (Å²) in [5, 5.41) is 3.75. The fraction of sp³-hybridized carbons (Fsp3) is 0.286. The van der Waals surface area contributed by atoms with Crippen molar-refractivity contribution >= 4 is 11.0 Å². The van der Waals surface area contributed by atoms with Crippen LogP contribution in [0.4, 0.5) is 13.2 Å². The average Bonchev–Trinajstić information content (AvgIpc) is 3.13. The van der Waals surface area contributed by atoms with E-state index in [0.29, 0.717) is 22.8 Å². The van der Waals surface area contributed by atoms with Gasteiger partial charge >= 0.3 is 6.18 Å². The van der Waals surface area contributed by atoms with Crippen molar-refractivity contribution in [3.05, 3.63) is 35.6 Å². The van der Waals surface area contributed by atoms with Crippen LogP contribution in [0.1, 0.15) is 25.2 Å². The van der Waals surface area contributed by atoms with Gasteiger partial charge in [-0.3, -0.25) is 0 Å². The number of aromatic nitrogens is 3. The Hall–Kier alpha value is -2.35. The second-order valence-electron chi connectivity index (χ2n) is 4.20. The lowest BCUT2D eigenvalue weighted by Crippen LogP contribution is -2.04. The lowest BCUT2D eigenvalue weighted by molar-refractivity contribution is -0.137. The molecule has 0 aliphatic carbocycles. The minimum Gasteiger partial charge on any atom is -0.359 e. The third-order valence-corrected chi connectivity index (χ3v) is 2.81. The zero-order valence-corrected chi connectivity index (χ0v) is 12.0. The van der Waals surface area contributed by atoms with Gasteiger partial charge in [0, 0.05) is 6.07 Å². The Morgan fingerprint density at radius 1 is 1.23 bits per heavy atom. The molecule has 0 radical (unpaired) electrons. The predicted molar refractivity (Wildman–Crippen MR) is 75.8 cm³/mol. The van der Waals surface area contributed by atoms with Gasteiger partial charge in [-0.2, -0.15) is 13.2 Å². The maximum Gasteiger partial charge on any atom is 0.416 e. The number of benzene rings is 1. The normalized spacial score (nSPS) is 11.4. The summed E-state index contributed by atoms with van der Waals surface area (Å²) in [6.45, 7) is 4.19. The van der Waals surface area contributed by atoms with Crippen LogP contribution in [-0.4, -0.2) is 15.1 Å². The summed E-state index contributed by atoms with van der Waals surface area (Å²) in [6.07, 6.45) is -4.39. The Labute approximate surface area is 124 Å². The number of rotatable bonds is 2. The van der Waals surface area contributed by atoms with Gasteiger partial charge in [-0.15, -0.1) is 0 Å². The molecule has 1 aromatic carbocycles. The predicted octanol–water partition coefficient (Wildman–Crippen LogP) is 3.72. The highest BCUT2D eigenvalue weighted by Crippen LogP contribution is 2.31. The first-order valence-electron chi connectivity index (χ1n) is 6.70. The number of nitrogens with zero attached hydrogens (tertiary/aromatic N) is 2. The van der Waals surface area contributed by atoms with E-state index >= 15 is 0 Å². The topological polar surface area (TPSA) is 80.7 Å². The van der Waals surface area contributed by atoms with Gasteiger partial charge in [-0.1, -0.05) is 19.0 Å². The van der Waals surface area contributed by atoms with Gasteiger partial charge in [0.15, 0.2) is 11.6 Å². The first kappa shape index (κ1) is 16.0. The van der Waals surface area contributed by atoms with Gasteiger partial charge in [-0.25, -0.2) is 4.98 Å². The van der Waals surface area contributed by atoms with Crippen LogP contribution in [0.2, 0.25) is 0 Å². The third kappa shape index (κ3) is 3.11. The van der Waals surface area contributed by atoms with Crippen LogP contribution in [0.5, 0.6) is 0 Å². The summed E-state index contributed by atoms with van der Waals surface area (Å²) in [4.78, 5) is 6.95. The molecule has 118 valence electrons. The van der Waals surface area contributed by atoms with E-state index < -0.39 is 11.7 Å². The zero-order chi connectivity index (χ0) is 16.3. The van der Waals surface area contributed by atoms with E-state index in [0.717, 1.165) is 12.1 Å². The molecule has 3 rings (SSSR count). The van der Waals surface area contributed by atoms with Crippen molar-refractivity contribution in [1.29, 1.82) is 0 Å². The monoisotopic (exact) mass is 312 g/mol. The number of nitrogens with one attached hydrogen (secondary N) is 1. The Morgan fingerprint density at radius 3 is 2.55 bits per heavy atom. The van der Waals surface area contributed by atoms with Gasteiger partial charge in [0.05, 0.1) is 23.1 Å². The number of imidazole rings is 1. The maximum absolute atomic E-state index is 12.6. The molecule has 2 heterocycles. The van der Waals surface area contributed by atoms with E-state index in [-0.39, 0.29) is 12.1 Å². The number of alkyl halides is 3. The Bertz CT molecular complexity index is 761. The largest absolute Gasteiger partial charge is 0.416 e. The fourth-order valence-corrected chi connectivity index (χ4v) is 1.83. The summed E-state index contributed by atoms with van der Waals surface area (Å²) < 4.78 is 42.8. The standard InChI is InChI=1S/C12H9F3N4O.C2H6/c13-12(14,15)6-1-2-8-9(3-6)18-11(17-8)10-4-7(5-16)20-19-10;1-2/h1-4H,5,16H2,(H,17,18);1-2H3. The highest BCUT2D eigenvalue weighted by Gasteiger charge is 2.30. The molecule has 0 bridgehead atoms. The third-order valence-electron chi connectivity index (χ3n) is 2.81. The smallest absolute Gasteiger partial charge is 0.359 e. The van der Waals surface area contributed by atoms with Crippen LogP contribution in [0, 0.1) is 0 Å². The van der Waals surface area contributed by atoms with E-state index in [9.17, 15) is 13.2 Å². The Kier molecular flexibility index (Phi) is 4.51. The molecule has 0 spiro atoms. The van der Waals surface area contributed by atoms with E-state index in [1.807, 2.05) is 13.8 Å². The SMILES string of the molecule is CC.NCc1cc(-c2nc3ccc(C(F)(F)F)cc3[nH]2)no1. The molecule has 0 aliphatic heterocycles. The number of H-pyrrole nitrogens is 1. The Morgan fingerprint density at radius 2 is 1.95 bits per heavy atom. The van der Waals surface area contributed by atoms with Crippen molar-refractivity contribution < 1.29 is 17.7 Å². The second-order valence-corrected chi connectivity index (χ2v) is 4.20. The van der Waals surface area contributed by atoms with Crippen LogP contribution in [0.25, 0.3) is 22.6 Å². The lowest BCUT2D eigenvalue weighted by atomic mass is 10.2. The van der Waals surface area contributed by atoms with Crippen LogP contribution >= 0.6 is 0 Å². The molecule has 0 saturated heterocycles. The molecular weight excluding hydrogens is 297 g/mol. The van der Waals surface area contributed by atoms with Crippen molar-refractivity contribution in [3.8, 4) is 11.5 Å². The minimum atomic E-state index is -4.39. The second kappa shape index (κ2) is 6.18. The van der Waals surface area contributed by atoms with E-state index in [1.54, 1.807) is 6.07 Å². The summed E-state index contributed by atoms with van der Waals surface area (Å²) in [7, 11) is 0. The summed E-state index contributed by atoms with van der Waals surface area (Å²) in [6, 6.07) is 4.89. The van der Waals surface area contributed by atoms with Crippen LogP contribution in [0.15, 0.2) is 28.8 Å². The van der Waals surface area contributed by atoms with E-state index in [4.69, 9.17) is 10.3 Å². The van der Waals surface area contributed by atoms with Crippen LogP contribution in [-0.2, 0) is 12.7 Å². The van der Waals surface area contributed by atoms with Gasteiger partial charge in [-0.05, 0) is 18.2 Å². The van der Waals surface area contributed by atoms with Crippen molar-refractivity contribution in [1.82, 2.24) is 15.1 Å². The van der Waals surface area contributed by atoms with Crippen molar-refractivity contribution in [2.75, 3.05) is 0 Å². The highest BCUT2D eigenvalue weighted by molar-refractivity contribution is 5.79. The number of aromatic amines is 1. The molecule has 0 fully saturated rings. The summed E-state index contributed by atoms with van der Waals surface area (Å²) in [5.41, 5.74) is 5.77.